The number of carbonyl (C=O) groups excluding carboxylic acids is 1. The van der Waals surface area contributed by atoms with Crippen molar-refractivity contribution in [2.45, 2.75) is 0 Å². The Labute approximate surface area is 130 Å². The number of benzene rings is 1. The van der Waals surface area contributed by atoms with E-state index in [-0.39, 0.29) is 23.2 Å². The molecule has 0 unspecified atom stereocenters. The third-order valence-electron chi connectivity index (χ3n) is 2.69. The molecule has 0 spiro atoms. The molecule has 0 radical (unpaired) electrons. The van der Waals surface area contributed by atoms with Crippen LogP contribution in [0.25, 0.3) is 0 Å². The molecule has 116 valence electrons. The molecule has 3 N–H and O–H groups in total. The second kappa shape index (κ2) is 7.48. The van der Waals surface area contributed by atoms with Crippen LogP contribution in [0.5, 0.6) is 0 Å². The Morgan fingerprint density at radius 2 is 2.10 bits per heavy atom. The molecule has 0 atom stereocenters. The third-order valence-corrected chi connectivity index (χ3v) is 3.85. The number of nitrogens with zero attached hydrogens (tertiary/aromatic N) is 1. The number of nitrogens with two attached hydrogens (primary N) is 1. The molecule has 1 amide bonds. The fourth-order valence-corrected chi connectivity index (χ4v) is 2.37. The summed E-state index contributed by atoms with van der Waals surface area (Å²) in [7, 11) is -1.34. The van der Waals surface area contributed by atoms with Gasteiger partial charge < -0.3 is 11.1 Å². The predicted molar refractivity (Wildman–Crippen MR) is 88.2 cm³/mol. The first kappa shape index (κ1) is 17.5. The van der Waals surface area contributed by atoms with E-state index in [1.54, 1.807) is 36.2 Å². The summed E-state index contributed by atoms with van der Waals surface area (Å²) in [6.45, 7) is 0.409. The van der Waals surface area contributed by atoms with E-state index in [0.29, 0.717) is 17.8 Å². The average molecular weight is 329 g/mol. The monoisotopic (exact) mass is 329 g/mol. The number of nitrogens with one attached hydrogen (secondary N) is 1. The lowest BCUT2D eigenvalue weighted by atomic mass is 10.2. The molecular formula is C13H19N3O3S2. The van der Waals surface area contributed by atoms with Gasteiger partial charge in [0.25, 0.3) is 0 Å². The van der Waals surface area contributed by atoms with Gasteiger partial charge >= 0.3 is 0 Å². The van der Waals surface area contributed by atoms with Gasteiger partial charge in [-0.1, -0.05) is 24.4 Å². The molecule has 1 aromatic rings. The Morgan fingerprint density at radius 3 is 2.67 bits per heavy atom. The summed E-state index contributed by atoms with van der Waals surface area (Å²) in [5.41, 5.74) is 6.80. The molecule has 1 rings (SSSR count). The van der Waals surface area contributed by atoms with E-state index in [2.05, 4.69) is 5.32 Å². The maximum atomic E-state index is 11.9. The fraction of sp³-hybridized carbons (Fsp3) is 0.385. The Hall–Kier alpha value is -1.51. The zero-order valence-corrected chi connectivity index (χ0v) is 13.6. The number of sulfone groups is 1. The van der Waals surface area contributed by atoms with E-state index >= 15 is 0 Å². The molecule has 0 fully saturated rings. The molecule has 0 aliphatic heterocycles. The van der Waals surface area contributed by atoms with Crippen LogP contribution in [0.1, 0.15) is 5.56 Å². The highest BCUT2D eigenvalue weighted by Gasteiger charge is 2.10. The second-order valence-corrected chi connectivity index (χ2v) is 7.56. The Balaban J connectivity index is 2.53. The smallest absolute Gasteiger partial charge is 0.238 e. The van der Waals surface area contributed by atoms with Gasteiger partial charge in [-0.2, -0.15) is 0 Å². The molecule has 6 nitrogen and oxygen atoms in total. The van der Waals surface area contributed by atoms with Crippen molar-refractivity contribution < 1.29 is 13.2 Å². The summed E-state index contributed by atoms with van der Waals surface area (Å²) < 4.78 is 22.1. The minimum Gasteiger partial charge on any atom is -0.389 e. The minimum atomic E-state index is -3.03. The SMILES string of the molecule is CN(CCS(C)(=O)=O)CC(=O)Nc1cccc(C(N)=S)c1. The van der Waals surface area contributed by atoms with Crippen molar-refractivity contribution in [3.8, 4) is 0 Å². The van der Waals surface area contributed by atoms with Crippen LogP contribution in [0, 0.1) is 0 Å². The normalized spacial score (nSPS) is 11.4. The van der Waals surface area contributed by atoms with E-state index < -0.39 is 9.84 Å². The number of carbonyl (C=O) groups is 1. The highest BCUT2D eigenvalue weighted by Crippen LogP contribution is 2.10. The number of anilines is 1. The predicted octanol–water partition coefficient (Wildman–Crippen LogP) is 0.236. The lowest BCUT2D eigenvalue weighted by Crippen LogP contribution is -2.33. The molecule has 8 heteroatoms. The summed E-state index contributed by atoms with van der Waals surface area (Å²) in [6.07, 6.45) is 1.17. The van der Waals surface area contributed by atoms with Crippen LogP contribution in [-0.2, 0) is 14.6 Å². The van der Waals surface area contributed by atoms with Crippen LogP contribution in [0.2, 0.25) is 0 Å². The summed E-state index contributed by atoms with van der Waals surface area (Å²) in [4.78, 5) is 13.8. The van der Waals surface area contributed by atoms with Gasteiger partial charge in [-0.25, -0.2) is 8.42 Å². The molecule has 0 bridgehead atoms. The van der Waals surface area contributed by atoms with Crippen LogP contribution in [0.4, 0.5) is 5.69 Å². The van der Waals surface area contributed by atoms with Gasteiger partial charge in [-0.05, 0) is 19.2 Å². The van der Waals surface area contributed by atoms with Crippen molar-refractivity contribution >= 4 is 38.6 Å². The van der Waals surface area contributed by atoms with Gasteiger partial charge in [0.2, 0.25) is 5.91 Å². The number of likely N-dealkylation sites (N-methyl/N-ethyl adjacent to an activating group) is 1. The zero-order valence-electron chi connectivity index (χ0n) is 12.0. The molecular weight excluding hydrogens is 310 g/mol. The summed E-state index contributed by atoms with van der Waals surface area (Å²) in [5.74, 6) is -0.209. The number of hydrogen-bond acceptors (Lipinski definition) is 5. The van der Waals surface area contributed by atoms with Gasteiger partial charge in [0.15, 0.2) is 0 Å². The van der Waals surface area contributed by atoms with Crippen molar-refractivity contribution in [3.05, 3.63) is 29.8 Å². The first-order valence-electron chi connectivity index (χ1n) is 6.23. The van der Waals surface area contributed by atoms with Crippen LogP contribution in [-0.4, -0.2) is 56.4 Å². The number of hydrogen-bond donors (Lipinski definition) is 2. The Kier molecular flexibility index (Phi) is 6.25. The largest absolute Gasteiger partial charge is 0.389 e. The van der Waals surface area contributed by atoms with E-state index in [9.17, 15) is 13.2 Å². The summed E-state index contributed by atoms with van der Waals surface area (Å²) >= 11 is 4.87. The average Bonchev–Trinajstić information content (AvgIpc) is 2.35. The van der Waals surface area contributed by atoms with Crippen molar-refractivity contribution in [1.29, 1.82) is 0 Å². The maximum Gasteiger partial charge on any atom is 0.238 e. The topological polar surface area (TPSA) is 92.5 Å². The van der Waals surface area contributed by atoms with E-state index in [1.807, 2.05) is 0 Å². The number of amides is 1. The third kappa shape index (κ3) is 7.16. The second-order valence-electron chi connectivity index (χ2n) is 4.86. The molecule has 0 aliphatic carbocycles. The van der Waals surface area contributed by atoms with Crippen LogP contribution in [0.15, 0.2) is 24.3 Å². The van der Waals surface area contributed by atoms with Gasteiger partial charge in [-0.15, -0.1) is 0 Å². The highest BCUT2D eigenvalue weighted by atomic mass is 32.2. The molecule has 1 aromatic carbocycles. The van der Waals surface area contributed by atoms with E-state index in [0.717, 1.165) is 0 Å². The zero-order chi connectivity index (χ0) is 16.0. The van der Waals surface area contributed by atoms with Crippen molar-refractivity contribution in [1.82, 2.24) is 4.90 Å². The van der Waals surface area contributed by atoms with Crippen molar-refractivity contribution in [2.75, 3.05) is 37.5 Å². The summed E-state index contributed by atoms with van der Waals surface area (Å²) in [6, 6.07) is 6.93. The first-order chi connectivity index (χ1) is 9.67. The van der Waals surface area contributed by atoms with E-state index in [1.165, 1.54) is 6.26 Å². The highest BCUT2D eigenvalue weighted by molar-refractivity contribution is 7.90. The van der Waals surface area contributed by atoms with Gasteiger partial charge in [0.05, 0.1) is 12.3 Å². The van der Waals surface area contributed by atoms with Gasteiger partial charge in [0, 0.05) is 24.1 Å². The lowest BCUT2D eigenvalue weighted by Gasteiger charge is -2.15. The van der Waals surface area contributed by atoms with Gasteiger partial charge in [0.1, 0.15) is 14.8 Å². The molecule has 0 saturated heterocycles. The molecule has 0 heterocycles. The maximum absolute atomic E-state index is 11.9. The minimum absolute atomic E-state index is 0.0215. The quantitative estimate of drug-likeness (QED) is 0.696. The van der Waals surface area contributed by atoms with Crippen LogP contribution >= 0.6 is 12.2 Å². The van der Waals surface area contributed by atoms with E-state index in [4.69, 9.17) is 18.0 Å². The van der Waals surface area contributed by atoms with Crippen molar-refractivity contribution in [3.63, 3.8) is 0 Å². The molecule has 0 aromatic heterocycles. The van der Waals surface area contributed by atoms with Gasteiger partial charge in [-0.3, -0.25) is 9.69 Å². The van der Waals surface area contributed by atoms with Crippen molar-refractivity contribution in [2.24, 2.45) is 5.73 Å². The Bertz CT molecular complexity index is 629. The summed E-state index contributed by atoms with van der Waals surface area (Å²) in [5, 5.41) is 2.72. The fourth-order valence-electron chi connectivity index (χ4n) is 1.60. The molecule has 21 heavy (non-hydrogen) atoms. The van der Waals surface area contributed by atoms with Crippen LogP contribution in [0.3, 0.4) is 0 Å². The number of rotatable bonds is 7. The van der Waals surface area contributed by atoms with Crippen LogP contribution < -0.4 is 11.1 Å². The standard InChI is InChI=1S/C13H19N3O3S2/c1-16(6-7-21(2,18)19)9-12(17)15-11-5-3-4-10(8-11)13(14)20/h3-5,8H,6-7,9H2,1-2H3,(H2,14,20)(H,15,17). The number of thiocarbonyl (C=S) groups is 1. The molecule has 0 aliphatic rings. The Morgan fingerprint density at radius 1 is 1.43 bits per heavy atom. The molecule has 0 saturated carbocycles. The lowest BCUT2D eigenvalue weighted by molar-refractivity contribution is -0.117. The first-order valence-corrected chi connectivity index (χ1v) is 8.70.